The standard InChI is InChI=1S/C25H30N6O/c1-18-14-30(21-9-6-11-26-13-21)15-19(2)31(18)17-24(32)29-12-10-22-23(16-29)28-25(27-22)20-7-4-3-5-8-20/h3-9,11,13,18-19H,10,12,14-17H2,1-2H3,(H,27,28). The number of H-pyrrole nitrogens is 1. The SMILES string of the molecule is CC1CN(c2cccnc2)CC(C)N1CC(=O)N1CCc2nc(-c3ccccc3)[nH]c2C1. The van der Waals surface area contributed by atoms with Gasteiger partial charge in [0.15, 0.2) is 0 Å². The third-order valence-electron chi connectivity index (χ3n) is 6.66. The van der Waals surface area contributed by atoms with Gasteiger partial charge in [0, 0.05) is 49.9 Å². The molecule has 0 saturated carbocycles. The van der Waals surface area contributed by atoms with Crippen LogP contribution in [0.3, 0.4) is 0 Å². The van der Waals surface area contributed by atoms with E-state index in [0.717, 1.165) is 54.5 Å². The van der Waals surface area contributed by atoms with Crippen molar-refractivity contribution in [2.75, 3.05) is 31.1 Å². The molecule has 2 aliphatic rings. The first-order chi connectivity index (χ1) is 15.6. The minimum Gasteiger partial charge on any atom is -0.367 e. The van der Waals surface area contributed by atoms with Gasteiger partial charge in [-0.2, -0.15) is 0 Å². The maximum atomic E-state index is 13.2. The zero-order chi connectivity index (χ0) is 22.1. The number of aromatic nitrogens is 3. The number of fused-ring (bicyclic) bond motifs is 1. The van der Waals surface area contributed by atoms with E-state index in [0.29, 0.717) is 25.2 Å². The summed E-state index contributed by atoms with van der Waals surface area (Å²) in [6.07, 6.45) is 4.52. The molecule has 1 saturated heterocycles. The van der Waals surface area contributed by atoms with Crippen molar-refractivity contribution >= 4 is 11.6 Å². The van der Waals surface area contributed by atoms with Gasteiger partial charge in [-0.05, 0) is 26.0 Å². The topological polar surface area (TPSA) is 68.4 Å². The van der Waals surface area contributed by atoms with Crippen molar-refractivity contribution in [1.29, 1.82) is 0 Å². The average Bonchev–Trinajstić information content (AvgIpc) is 3.26. The van der Waals surface area contributed by atoms with Crippen LogP contribution >= 0.6 is 0 Å². The molecule has 1 aromatic carbocycles. The fourth-order valence-electron chi connectivity index (χ4n) is 4.92. The molecule has 5 rings (SSSR count). The van der Waals surface area contributed by atoms with Crippen molar-refractivity contribution in [3.63, 3.8) is 0 Å². The zero-order valence-electron chi connectivity index (χ0n) is 18.7. The lowest BCUT2D eigenvalue weighted by Crippen LogP contribution is -2.59. The number of hydrogen-bond acceptors (Lipinski definition) is 5. The van der Waals surface area contributed by atoms with Gasteiger partial charge < -0.3 is 14.8 Å². The number of aromatic amines is 1. The zero-order valence-corrected chi connectivity index (χ0v) is 18.7. The summed E-state index contributed by atoms with van der Waals surface area (Å²) in [6, 6.07) is 14.8. The lowest BCUT2D eigenvalue weighted by Gasteiger charge is -2.45. The van der Waals surface area contributed by atoms with Crippen LogP contribution in [0.4, 0.5) is 5.69 Å². The number of anilines is 1. The monoisotopic (exact) mass is 430 g/mol. The second kappa shape index (κ2) is 8.74. The maximum Gasteiger partial charge on any atom is 0.237 e. The number of hydrogen-bond donors (Lipinski definition) is 1. The van der Waals surface area contributed by atoms with Gasteiger partial charge in [0.05, 0.1) is 36.4 Å². The molecule has 1 amide bonds. The lowest BCUT2D eigenvalue weighted by molar-refractivity contribution is -0.134. The van der Waals surface area contributed by atoms with E-state index in [1.807, 2.05) is 35.4 Å². The van der Waals surface area contributed by atoms with Gasteiger partial charge in [-0.25, -0.2) is 4.98 Å². The quantitative estimate of drug-likeness (QED) is 0.689. The summed E-state index contributed by atoms with van der Waals surface area (Å²) in [5.74, 6) is 1.08. The van der Waals surface area contributed by atoms with Crippen LogP contribution in [0.2, 0.25) is 0 Å². The van der Waals surface area contributed by atoms with Crippen LogP contribution in [0, 0.1) is 0 Å². The van der Waals surface area contributed by atoms with Crippen molar-refractivity contribution in [3.8, 4) is 11.4 Å². The molecule has 2 aliphatic heterocycles. The Hall–Kier alpha value is -3.19. The fourth-order valence-corrected chi connectivity index (χ4v) is 4.92. The van der Waals surface area contributed by atoms with Crippen molar-refractivity contribution in [3.05, 3.63) is 66.2 Å². The summed E-state index contributed by atoms with van der Waals surface area (Å²) < 4.78 is 0. The number of benzene rings is 1. The molecule has 2 unspecified atom stereocenters. The Morgan fingerprint density at radius 2 is 1.88 bits per heavy atom. The van der Waals surface area contributed by atoms with E-state index in [2.05, 4.69) is 51.8 Å². The highest BCUT2D eigenvalue weighted by atomic mass is 16.2. The molecular weight excluding hydrogens is 400 g/mol. The highest BCUT2D eigenvalue weighted by Gasteiger charge is 2.33. The molecule has 0 bridgehead atoms. The summed E-state index contributed by atoms with van der Waals surface area (Å²) in [4.78, 5) is 32.4. The van der Waals surface area contributed by atoms with Crippen LogP contribution in [0.1, 0.15) is 25.2 Å². The first-order valence-corrected chi connectivity index (χ1v) is 11.4. The van der Waals surface area contributed by atoms with Crippen molar-refractivity contribution < 1.29 is 4.79 Å². The Kier molecular flexibility index (Phi) is 5.66. The van der Waals surface area contributed by atoms with Gasteiger partial charge in [0.25, 0.3) is 0 Å². The normalized spacial score (nSPS) is 21.4. The van der Waals surface area contributed by atoms with E-state index >= 15 is 0 Å². The molecule has 2 atom stereocenters. The van der Waals surface area contributed by atoms with Crippen molar-refractivity contribution in [1.82, 2.24) is 24.8 Å². The molecule has 166 valence electrons. The first kappa shape index (κ1) is 20.7. The van der Waals surface area contributed by atoms with Crippen LogP contribution in [-0.2, 0) is 17.8 Å². The second-order valence-corrected chi connectivity index (χ2v) is 8.93. The van der Waals surface area contributed by atoms with Gasteiger partial charge in [0.1, 0.15) is 5.82 Å². The third-order valence-corrected chi connectivity index (χ3v) is 6.66. The summed E-state index contributed by atoms with van der Waals surface area (Å²) in [5, 5.41) is 0. The van der Waals surface area contributed by atoms with E-state index < -0.39 is 0 Å². The Morgan fingerprint density at radius 3 is 2.59 bits per heavy atom. The smallest absolute Gasteiger partial charge is 0.237 e. The molecule has 0 spiro atoms. The largest absolute Gasteiger partial charge is 0.367 e. The lowest BCUT2D eigenvalue weighted by atomic mass is 10.1. The molecule has 4 heterocycles. The molecule has 32 heavy (non-hydrogen) atoms. The third kappa shape index (κ3) is 4.12. The highest BCUT2D eigenvalue weighted by molar-refractivity contribution is 5.78. The first-order valence-electron chi connectivity index (χ1n) is 11.4. The van der Waals surface area contributed by atoms with Crippen LogP contribution in [0.25, 0.3) is 11.4 Å². The summed E-state index contributed by atoms with van der Waals surface area (Å²) in [6.45, 7) is 8.00. The van der Waals surface area contributed by atoms with E-state index in [4.69, 9.17) is 4.98 Å². The molecule has 0 aliphatic carbocycles. The van der Waals surface area contributed by atoms with Gasteiger partial charge >= 0.3 is 0 Å². The van der Waals surface area contributed by atoms with E-state index in [1.165, 1.54) is 0 Å². The number of amides is 1. The number of carbonyl (C=O) groups excluding carboxylic acids is 1. The minimum absolute atomic E-state index is 0.194. The summed E-state index contributed by atoms with van der Waals surface area (Å²) in [5.41, 5.74) is 4.37. The molecular formula is C25H30N6O. The Labute approximate surface area is 189 Å². The molecule has 3 aromatic rings. The van der Waals surface area contributed by atoms with Gasteiger partial charge in [-0.1, -0.05) is 30.3 Å². The molecule has 7 heteroatoms. The molecule has 2 aromatic heterocycles. The number of imidazole rings is 1. The molecule has 7 nitrogen and oxygen atoms in total. The number of nitrogens with one attached hydrogen (secondary N) is 1. The number of pyridine rings is 1. The van der Waals surface area contributed by atoms with E-state index in [1.54, 1.807) is 6.20 Å². The van der Waals surface area contributed by atoms with E-state index in [-0.39, 0.29) is 5.91 Å². The van der Waals surface area contributed by atoms with Gasteiger partial charge in [-0.15, -0.1) is 0 Å². The Bertz CT molecular complexity index is 1050. The molecule has 1 N–H and O–H groups in total. The van der Waals surface area contributed by atoms with Crippen LogP contribution in [0.15, 0.2) is 54.9 Å². The highest BCUT2D eigenvalue weighted by Crippen LogP contribution is 2.24. The van der Waals surface area contributed by atoms with Crippen molar-refractivity contribution in [2.45, 2.75) is 38.9 Å². The fraction of sp³-hybridized carbons (Fsp3) is 0.400. The number of rotatable bonds is 4. The average molecular weight is 431 g/mol. The van der Waals surface area contributed by atoms with Crippen LogP contribution < -0.4 is 4.90 Å². The summed E-state index contributed by atoms with van der Waals surface area (Å²) in [7, 11) is 0. The number of carbonyl (C=O) groups is 1. The minimum atomic E-state index is 0.194. The van der Waals surface area contributed by atoms with Gasteiger partial charge in [-0.3, -0.25) is 14.7 Å². The number of nitrogens with zero attached hydrogens (tertiary/aromatic N) is 5. The van der Waals surface area contributed by atoms with Gasteiger partial charge in [0.2, 0.25) is 5.91 Å². The predicted octanol–water partition coefficient (Wildman–Crippen LogP) is 2.96. The van der Waals surface area contributed by atoms with Crippen LogP contribution in [-0.4, -0.2) is 68.9 Å². The number of piperazine rings is 1. The second-order valence-electron chi connectivity index (χ2n) is 8.93. The predicted molar refractivity (Wildman–Crippen MR) is 125 cm³/mol. The Morgan fingerprint density at radius 1 is 1.09 bits per heavy atom. The molecule has 1 fully saturated rings. The van der Waals surface area contributed by atoms with Crippen molar-refractivity contribution in [2.24, 2.45) is 0 Å². The molecule has 0 radical (unpaired) electrons. The maximum absolute atomic E-state index is 13.2. The summed E-state index contributed by atoms with van der Waals surface area (Å²) >= 11 is 0. The Balaban J connectivity index is 1.23. The van der Waals surface area contributed by atoms with E-state index in [9.17, 15) is 4.79 Å². The van der Waals surface area contributed by atoms with Crippen LogP contribution in [0.5, 0.6) is 0 Å².